The van der Waals surface area contributed by atoms with Crippen molar-refractivity contribution in [2.75, 3.05) is 19.8 Å². The first kappa shape index (κ1) is 15.8. The molecule has 0 aromatic heterocycles. The van der Waals surface area contributed by atoms with E-state index in [4.69, 9.17) is 20.9 Å². The maximum absolute atomic E-state index is 10.3. The molecule has 0 saturated carbocycles. The van der Waals surface area contributed by atoms with Gasteiger partial charge in [0.2, 0.25) is 0 Å². The fourth-order valence-corrected chi connectivity index (χ4v) is 1.88. The molecule has 0 bridgehead atoms. The van der Waals surface area contributed by atoms with Crippen LogP contribution in [0.3, 0.4) is 0 Å². The third-order valence-electron chi connectivity index (χ3n) is 2.82. The van der Waals surface area contributed by atoms with Gasteiger partial charge in [-0.1, -0.05) is 0 Å². The molecule has 0 fully saturated rings. The smallest absolute Gasteiger partial charge is 0.125 e. The SMILES string of the molecule is CCOc1ccc(OCC)c(C(O)C(N)CCN)c1. The molecule has 5 N–H and O–H groups in total. The molecule has 2 unspecified atom stereocenters. The van der Waals surface area contributed by atoms with Crippen LogP contribution in [-0.2, 0) is 0 Å². The number of aliphatic hydroxyl groups excluding tert-OH is 1. The van der Waals surface area contributed by atoms with Crippen molar-refractivity contribution in [1.82, 2.24) is 0 Å². The largest absolute Gasteiger partial charge is 0.494 e. The Bertz CT molecular complexity index is 385. The molecule has 1 aromatic rings. The second-order valence-electron chi connectivity index (χ2n) is 4.25. The van der Waals surface area contributed by atoms with Crippen LogP contribution < -0.4 is 20.9 Å². The van der Waals surface area contributed by atoms with Crippen LogP contribution >= 0.6 is 0 Å². The van der Waals surface area contributed by atoms with Crippen LogP contribution in [0, 0.1) is 0 Å². The summed E-state index contributed by atoms with van der Waals surface area (Å²) in [5, 5.41) is 10.3. The Kier molecular flexibility index (Phi) is 6.62. The summed E-state index contributed by atoms with van der Waals surface area (Å²) in [6.07, 6.45) is -0.267. The molecule has 1 aromatic carbocycles. The Labute approximate surface area is 114 Å². The van der Waals surface area contributed by atoms with Crippen molar-refractivity contribution >= 4 is 0 Å². The van der Waals surface area contributed by atoms with E-state index in [1.165, 1.54) is 0 Å². The van der Waals surface area contributed by atoms with Gasteiger partial charge in [-0.15, -0.1) is 0 Å². The minimum atomic E-state index is -0.814. The van der Waals surface area contributed by atoms with Gasteiger partial charge < -0.3 is 26.0 Å². The van der Waals surface area contributed by atoms with Crippen molar-refractivity contribution in [3.8, 4) is 11.5 Å². The molecule has 0 aliphatic heterocycles. The molecule has 0 saturated heterocycles. The molecular weight excluding hydrogens is 244 g/mol. The highest BCUT2D eigenvalue weighted by Gasteiger charge is 2.21. The summed E-state index contributed by atoms with van der Waals surface area (Å²) < 4.78 is 11.0. The van der Waals surface area contributed by atoms with Crippen LogP contribution in [0.1, 0.15) is 31.9 Å². The van der Waals surface area contributed by atoms with E-state index in [1.54, 1.807) is 12.1 Å². The predicted octanol–water partition coefficient (Wildman–Crippen LogP) is 1.19. The standard InChI is InChI=1S/C14H24N2O3/c1-3-18-10-5-6-13(19-4-2)11(9-10)14(17)12(16)7-8-15/h5-6,9,12,14,17H,3-4,7-8,15-16H2,1-2H3. The normalized spacial score (nSPS) is 13.9. The molecule has 0 spiro atoms. The average molecular weight is 268 g/mol. The molecule has 5 heteroatoms. The number of ether oxygens (including phenoxy) is 2. The maximum atomic E-state index is 10.3. The van der Waals surface area contributed by atoms with E-state index in [0.29, 0.717) is 43.2 Å². The number of benzene rings is 1. The third-order valence-corrected chi connectivity index (χ3v) is 2.82. The van der Waals surface area contributed by atoms with Gasteiger partial charge in [-0.25, -0.2) is 0 Å². The topological polar surface area (TPSA) is 90.7 Å². The van der Waals surface area contributed by atoms with Gasteiger partial charge in [0.15, 0.2) is 0 Å². The van der Waals surface area contributed by atoms with E-state index in [9.17, 15) is 5.11 Å². The van der Waals surface area contributed by atoms with E-state index in [1.807, 2.05) is 19.9 Å². The van der Waals surface area contributed by atoms with Crippen molar-refractivity contribution in [1.29, 1.82) is 0 Å². The fourth-order valence-electron chi connectivity index (χ4n) is 1.88. The molecule has 0 heterocycles. The Hall–Kier alpha value is -1.30. The van der Waals surface area contributed by atoms with E-state index in [0.717, 1.165) is 0 Å². The van der Waals surface area contributed by atoms with Crippen LogP contribution in [0.25, 0.3) is 0 Å². The Balaban J connectivity index is 3.01. The number of rotatable bonds is 8. The van der Waals surface area contributed by atoms with Crippen molar-refractivity contribution in [2.45, 2.75) is 32.4 Å². The minimum Gasteiger partial charge on any atom is -0.494 e. The Morgan fingerprint density at radius 3 is 2.47 bits per heavy atom. The van der Waals surface area contributed by atoms with Gasteiger partial charge in [-0.3, -0.25) is 0 Å². The second-order valence-corrected chi connectivity index (χ2v) is 4.25. The highest BCUT2D eigenvalue weighted by atomic mass is 16.5. The molecule has 0 aliphatic rings. The van der Waals surface area contributed by atoms with E-state index >= 15 is 0 Å². The van der Waals surface area contributed by atoms with Crippen LogP contribution in [-0.4, -0.2) is 30.9 Å². The fraction of sp³-hybridized carbons (Fsp3) is 0.571. The molecule has 1 rings (SSSR count). The third kappa shape index (κ3) is 4.38. The zero-order chi connectivity index (χ0) is 14.3. The first-order chi connectivity index (χ1) is 9.13. The molecule has 19 heavy (non-hydrogen) atoms. The van der Waals surface area contributed by atoms with Gasteiger partial charge >= 0.3 is 0 Å². The zero-order valence-corrected chi connectivity index (χ0v) is 11.6. The molecule has 0 aliphatic carbocycles. The molecule has 108 valence electrons. The number of hydrogen-bond donors (Lipinski definition) is 3. The Morgan fingerprint density at radius 2 is 1.89 bits per heavy atom. The monoisotopic (exact) mass is 268 g/mol. The molecule has 2 atom stereocenters. The molecule has 0 radical (unpaired) electrons. The lowest BCUT2D eigenvalue weighted by Gasteiger charge is -2.21. The number of hydrogen-bond acceptors (Lipinski definition) is 5. The number of nitrogens with two attached hydrogens (primary N) is 2. The summed E-state index contributed by atoms with van der Waals surface area (Å²) >= 11 is 0. The van der Waals surface area contributed by atoms with Crippen molar-refractivity contribution in [3.05, 3.63) is 23.8 Å². The lowest BCUT2D eigenvalue weighted by molar-refractivity contribution is 0.138. The van der Waals surface area contributed by atoms with Gasteiger partial charge in [0.05, 0.1) is 19.3 Å². The lowest BCUT2D eigenvalue weighted by atomic mass is 9.99. The van der Waals surface area contributed by atoms with Gasteiger partial charge in [-0.05, 0) is 45.0 Å². The molecule has 0 amide bonds. The summed E-state index contributed by atoms with van der Waals surface area (Å²) in [4.78, 5) is 0. The first-order valence-corrected chi connectivity index (χ1v) is 6.67. The second kappa shape index (κ2) is 7.99. The average Bonchev–Trinajstić information content (AvgIpc) is 2.40. The van der Waals surface area contributed by atoms with Crippen LogP contribution in [0.4, 0.5) is 0 Å². The predicted molar refractivity (Wildman–Crippen MR) is 75.4 cm³/mol. The van der Waals surface area contributed by atoms with Crippen LogP contribution in [0.15, 0.2) is 18.2 Å². The summed E-state index contributed by atoms with van der Waals surface area (Å²) in [6, 6.07) is 4.97. The highest BCUT2D eigenvalue weighted by molar-refractivity contribution is 5.42. The van der Waals surface area contributed by atoms with Crippen LogP contribution in [0.5, 0.6) is 11.5 Å². The van der Waals surface area contributed by atoms with E-state index < -0.39 is 12.1 Å². The number of aliphatic hydroxyl groups is 1. The summed E-state index contributed by atoms with van der Waals surface area (Å²) in [5.74, 6) is 1.32. The van der Waals surface area contributed by atoms with Gasteiger partial charge in [0.25, 0.3) is 0 Å². The van der Waals surface area contributed by atoms with Crippen molar-refractivity contribution in [3.63, 3.8) is 0 Å². The quantitative estimate of drug-likeness (QED) is 0.659. The maximum Gasteiger partial charge on any atom is 0.125 e. The van der Waals surface area contributed by atoms with Crippen molar-refractivity contribution in [2.24, 2.45) is 11.5 Å². The van der Waals surface area contributed by atoms with Gasteiger partial charge in [0, 0.05) is 11.6 Å². The zero-order valence-electron chi connectivity index (χ0n) is 11.6. The Morgan fingerprint density at radius 1 is 1.21 bits per heavy atom. The minimum absolute atomic E-state index is 0.416. The summed E-state index contributed by atoms with van der Waals surface area (Å²) in [7, 11) is 0. The molecular formula is C14H24N2O3. The van der Waals surface area contributed by atoms with Crippen molar-refractivity contribution < 1.29 is 14.6 Å². The van der Waals surface area contributed by atoms with Gasteiger partial charge in [0.1, 0.15) is 11.5 Å². The molecule has 5 nitrogen and oxygen atoms in total. The highest BCUT2D eigenvalue weighted by Crippen LogP contribution is 2.31. The van der Waals surface area contributed by atoms with Crippen LogP contribution in [0.2, 0.25) is 0 Å². The summed E-state index contributed by atoms with van der Waals surface area (Å²) in [5.41, 5.74) is 12.0. The van der Waals surface area contributed by atoms with E-state index in [-0.39, 0.29) is 0 Å². The van der Waals surface area contributed by atoms with Gasteiger partial charge in [-0.2, -0.15) is 0 Å². The lowest BCUT2D eigenvalue weighted by Crippen LogP contribution is -2.31. The first-order valence-electron chi connectivity index (χ1n) is 6.67. The summed E-state index contributed by atoms with van der Waals surface area (Å²) in [6.45, 7) is 5.34. The van der Waals surface area contributed by atoms with E-state index in [2.05, 4.69) is 0 Å².